The lowest BCUT2D eigenvalue weighted by molar-refractivity contribution is 0.0993. The maximum atomic E-state index is 12.8. The Bertz CT molecular complexity index is 988. The number of aromatic nitrogens is 1. The topological polar surface area (TPSA) is 52.8 Å². The molecule has 1 heterocycles. The van der Waals surface area contributed by atoms with Crippen molar-refractivity contribution in [2.45, 2.75) is 20.4 Å². The average molecular weight is 370 g/mol. The van der Waals surface area contributed by atoms with E-state index in [9.17, 15) is 4.79 Å². The van der Waals surface area contributed by atoms with Gasteiger partial charge in [0.05, 0.1) is 29.5 Å². The van der Waals surface area contributed by atoms with E-state index in [1.165, 1.54) is 11.3 Å². The summed E-state index contributed by atoms with van der Waals surface area (Å²) in [7, 11) is 1.55. The molecular formula is C20H22N2O3S. The minimum atomic E-state index is -0.309. The highest BCUT2D eigenvalue weighted by Crippen LogP contribution is 2.22. The zero-order valence-corrected chi connectivity index (χ0v) is 16.0. The number of carbonyl (C=O) groups excluding carboxylic acids is 1. The predicted octanol–water partition coefficient (Wildman–Crippen LogP) is 3.80. The van der Waals surface area contributed by atoms with E-state index in [1.54, 1.807) is 19.2 Å². The van der Waals surface area contributed by atoms with Gasteiger partial charge in [-0.05, 0) is 37.6 Å². The molecule has 2 aromatic carbocycles. The number of nitrogens with zero attached hydrogens (tertiary/aromatic N) is 2. The fraction of sp³-hybridized carbons (Fsp3) is 0.300. The van der Waals surface area contributed by atoms with Crippen LogP contribution in [0.25, 0.3) is 10.2 Å². The van der Waals surface area contributed by atoms with Gasteiger partial charge in [0.2, 0.25) is 0 Å². The largest absolute Gasteiger partial charge is 0.496 e. The molecule has 0 unspecified atom stereocenters. The monoisotopic (exact) mass is 370 g/mol. The van der Waals surface area contributed by atoms with Crippen LogP contribution >= 0.6 is 11.3 Å². The van der Waals surface area contributed by atoms with Crippen molar-refractivity contribution in [2.75, 3.05) is 20.3 Å². The van der Waals surface area contributed by atoms with Gasteiger partial charge >= 0.3 is 0 Å². The number of thiazole rings is 1. The molecule has 0 saturated carbocycles. The van der Waals surface area contributed by atoms with Crippen LogP contribution in [-0.4, -0.2) is 30.8 Å². The van der Waals surface area contributed by atoms with Crippen molar-refractivity contribution in [2.24, 2.45) is 4.99 Å². The van der Waals surface area contributed by atoms with E-state index in [4.69, 9.17) is 9.47 Å². The van der Waals surface area contributed by atoms with Crippen molar-refractivity contribution < 1.29 is 14.3 Å². The van der Waals surface area contributed by atoms with Gasteiger partial charge in [0.15, 0.2) is 4.80 Å². The predicted molar refractivity (Wildman–Crippen MR) is 104 cm³/mol. The number of carbonyl (C=O) groups is 1. The molecule has 0 fully saturated rings. The minimum Gasteiger partial charge on any atom is -0.496 e. The first-order chi connectivity index (χ1) is 12.7. The van der Waals surface area contributed by atoms with E-state index in [0.717, 1.165) is 15.8 Å². The molecule has 0 aliphatic rings. The van der Waals surface area contributed by atoms with Gasteiger partial charge in [-0.15, -0.1) is 0 Å². The molecule has 6 heteroatoms. The highest BCUT2D eigenvalue weighted by molar-refractivity contribution is 7.16. The molecule has 0 atom stereocenters. The summed E-state index contributed by atoms with van der Waals surface area (Å²) < 4.78 is 14.0. The molecule has 3 aromatic rings. The van der Waals surface area contributed by atoms with Crippen LogP contribution in [0.2, 0.25) is 0 Å². The molecule has 0 saturated heterocycles. The van der Waals surface area contributed by atoms with E-state index in [2.05, 4.69) is 28.6 Å². The second-order valence-electron chi connectivity index (χ2n) is 5.77. The first kappa shape index (κ1) is 18.4. The zero-order valence-electron chi connectivity index (χ0n) is 15.2. The van der Waals surface area contributed by atoms with E-state index in [-0.39, 0.29) is 5.91 Å². The molecule has 0 N–H and O–H groups in total. The summed E-state index contributed by atoms with van der Waals surface area (Å²) in [5, 5.41) is 0. The molecule has 3 rings (SSSR count). The lowest BCUT2D eigenvalue weighted by Crippen LogP contribution is -2.20. The Balaban J connectivity index is 2.11. The Morgan fingerprint density at radius 3 is 2.77 bits per heavy atom. The number of fused-ring (bicyclic) bond motifs is 1. The van der Waals surface area contributed by atoms with Crippen molar-refractivity contribution in [3.05, 3.63) is 58.4 Å². The second-order valence-corrected chi connectivity index (χ2v) is 6.78. The van der Waals surface area contributed by atoms with Gasteiger partial charge in [-0.1, -0.05) is 35.6 Å². The molecule has 0 radical (unpaired) electrons. The quantitative estimate of drug-likeness (QED) is 0.620. The number of para-hydroxylation sites is 2. The van der Waals surface area contributed by atoms with Crippen molar-refractivity contribution in [1.29, 1.82) is 0 Å². The molecule has 26 heavy (non-hydrogen) atoms. The number of hydrogen-bond acceptors (Lipinski definition) is 4. The van der Waals surface area contributed by atoms with E-state index in [0.29, 0.717) is 35.9 Å². The fourth-order valence-corrected chi connectivity index (χ4v) is 4.00. The number of benzene rings is 2. The second kappa shape index (κ2) is 8.29. The van der Waals surface area contributed by atoms with Crippen LogP contribution in [0.15, 0.2) is 47.5 Å². The molecule has 0 bridgehead atoms. The molecule has 5 nitrogen and oxygen atoms in total. The highest BCUT2D eigenvalue weighted by Gasteiger charge is 2.13. The summed E-state index contributed by atoms with van der Waals surface area (Å²) in [5.74, 6) is 0.219. The van der Waals surface area contributed by atoms with Gasteiger partial charge < -0.3 is 14.0 Å². The third-order valence-corrected chi connectivity index (χ3v) is 5.14. The number of ether oxygens (including phenoxy) is 2. The van der Waals surface area contributed by atoms with Gasteiger partial charge in [-0.2, -0.15) is 4.99 Å². The average Bonchev–Trinajstić information content (AvgIpc) is 3.00. The van der Waals surface area contributed by atoms with E-state index >= 15 is 0 Å². The number of aryl methyl sites for hydroxylation is 1. The summed E-state index contributed by atoms with van der Waals surface area (Å²) in [6.07, 6.45) is 0. The third kappa shape index (κ3) is 3.71. The van der Waals surface area contributed by atoms with Crippen molar-refractivity contribution >= 4 is 27.5 Å². The molecule has 0 aliphatic carbocycles. The molecule has 136 valence electrons. The normalized spacial score (nSPS) is 11.9. The van der Waals surface area contributed by atoms with Crippen LogP contribution in [0, 0.1) is 6.92 Å². The molecule has 1 aromatic heterocycles. The van der Waals surface area contributed by atoms with Crippen LogP contribution in [0.3, 0.4) is 0 Å². The Labute approximate surface area is 156 Å². The van der Waals surface area contributed by atoms with Gasteiger partial charge in [-0.25, -0.2) is 0 Å². The van der Waals surface area contributed by atoms with Crippen LogP contribution in [0.1, 0.15) is 22.8 Å². The van der Waals surface area contributed by atoms with Crippen molar-refractivity contribution in [3.63, 3.8) is 0 Å². The van der Waals surface area contributed by atoms with Crippen LogP contribution in [0.5, 0.6) is 5.75 Å². The Kier molecular flexibility index (Phi) is 5.85. The molecule has 0 spiro atoms. The number of amides is 1. The van der Waals surface area contributed by atoms with Crippen LogP contribution in [-0.2, 0) is 11.3 Å². The summed E-state index contributed by atoms with van der Waals surface area (Å²) in [5.41, 5.74) is 2.71. The number of hydrogen-bond donors (Lipinski definition) is 0. The van der Waals surface area contributed by atoms with Crippen LogP contribution < -0.4 is 9.54 Å². The van der Waals surface area contributed by atoms with Crippen molar-refractivity contribution in [3.8, 4) is 5.75 Å². The maximum Gasteiger partial charge on any atom is 0.283 e. The highest BCUT2D eigenvalue weighted by atomic mass is 32.1. The lowest BCUT2D eigenvalue weighted by Gasteiger charge is -2.07. The zero-order chi connectivity index (χ0) is 18.5. The SMILES string of the molecule is CCOCCn1c(=NC(=O)c2ccccc2OC)sc2cccc(C)c21. The Hall–Kier alpha value is -2.44. The van der Waals surface area contributed by atoms with Gasteiger partial charge in [0.25, 0.3) is 5.91 Å². The van der Waals surface area contributed by atoms with Gasteiger partial charge in [0.1, 0.15) is 5.75 Å². The summed E-state index contributed by atoms with van der Waals surface area (Å²) >= 11 is 1.51. The minimum absolute atomic E-state index is 0.309. The fourth-order valence-electron chi connectivity index (χ4n) is 2.87. The summed E-state index contributed by atoms with van der Waals surface area (Å²) in [4.78, 5) is 17.8. The Morgan fingerprint density at radius 2 is 2.00 bits per heavy atom. The number of methoxy groups -OCH3 is 1. The first-order valence-corrected chi connectivity index (χ1v) is 9.36. The Morgan fingerprint density at radius 1 is 1.19 bits per heavy atom. The first-order valence-electron chi connectivity index (χ1n) is 8.54. The lowest BCUT2D eigenvalue weighted by atomic mass is 10.2. The molecular weight excluding hydrogens is 348 g/mol. The van der Waals surface area contributed by atoms with Crippen LogP contribution in [0.4, 0.5) is 0 Å². The summed E-state index contributed by atoms with van der Waals surface area (Å²) in [6, 6.07) is 13.3. The standard InChI is InChI=1S/C20H22N2O3S/c1-4-25-13-12-22-18-14(2)8-7-11-17(18)26-20(22)21-19(23)15-9-5-6-10-16(15)24-3/h5-11H,4,12-13H2,1-3H3. The van der Waals surface area contributed by atoms with Gasteiger partial charge in [0, 0.05) is 13.2 Å². The third-order valence-electron chi connectivity index (χ3n) is 4.10. The summed E-state index contributed by atoms with van der Waals surface area (Å²) in [6.45, 7) is 5.92. The van der Waals surface area contributed by atoms with E-state index < -0.39 is 0 Å². The smallest absolute Gasteiger partial charge is 0.283 e. The maximum absolute atomic E-state index is 12.8. The van der Waals surface area contributed by atoms with E-state index in [1.807, 2.05) is 25.1 Å². The van der Waals surface area contributed by atoms with Gasteiger partial charge in [-0.3, -0.25) is 4.79 Å². The van der Waals surface area contributed by atoms with Crippen molar-refractivity contribution in [1.82, 2.24) is 4.57 Å². The molecule has 0 aliphatic heterocycles. The number of rotatable bonds is 6. The molecule has 1 amide bonds.